The van der Waals surface area contributed by atoms with E-state index in [1.807, 2.05) is 0 Å². The number of aliphatic carboxylic acids is 1. The second kappa shape index (κ2) is 5.17. The van der Waals surface area contributed by atoms with E-state index < -0.39 is 5.97 Å². The van der Waals surface area contributed by atoms with Gasteiger partial charge in [-0.3, -0.25) is 4.79 Å². The molecule has 0 bridgehead atoms. The summed E-state index contributed by atoms with van der Waals surface area (Å²) < 4.78 is 0. The van der Waals surface area contributed by atoms with E-state index >= 15 is 0 Å². The van der Waals surface area contributed by atoms with Gasteiger partial charge in [0.1, 0.15) is 0 Å². The van der Waals surface area contributed by atoms with E-state index in [1.54, 1.807) is 0 Å². The third kappa shape index (κ3) is 2.57. The van der Waals surface area contributed by atoms with Crippen LogP contribution in [0.2, 0.25) is 0 Å². The molecule has 3 nitrogen and oxygen atoms in total. The molecular weight excluding hydrogens is 202 g/mol. The van der Waals surface area contributed by atoms with E-state index in [-0.39, 0.29) is 5.92 Å². The highest BCUT2D eigenvalue weighted by atomic mass is 16.4. The quantitative estimate of drug-likeness (QED) is 0.798. The zero-order valence-corrected chi connectivity index (χ0v) is 10.2. The van der Waals surface area contributed by atoms with Gasteiger partial charge in [-0.2, -0.15) is 0 Å². The van der Waals surface area contributed by atoms with Crippen LogP contribution < -0.4 is 0 Å². The van der Waals surface area contributed by atoms with Crippen LogP contribution >= 0.6 is 0 Å². The molecule has 16 heavy (non-hydrogen) atoms. The summed E-state index contributed by atoms with van der Waals surface area (Å²) in [6, 6.07) is 0.305. The molecule has 0 saturated heterocycles. The summed E-state index contributed by atoms with van der Waals surface area (Å²) in [6.45, 7) is 1.11. The lowest BCUT2D eigenvalue weighted by atomic mass is 9.78. The Morgan fingerprint density at radius 2 is 1.88 bits per heavy atom. The summed E-state index contributed by atoms with van der Waals surface area (Å²) in [5, 5.41) is 9.03. The van der Waals surface area contributed by atoms with E-state index in [2.05, 4.69) is 11.9 Å². The molecule has 1 N–H and O–H groups in total. The van der Waals surface area contributed by atoms with Crippen LogP contribution in [-0.2, 0) is 4.79 Å². The second-order valence-corrected chi connectivity index (χ2v) is 5.53. The fourth-order valence-corrected chi connectivity index (χ4v) is 3.21. The van der Waals surface area contributed by atoms with Gasteiger partial charge in [-0.15, -0.1) is 0 Å². The third-order valence-corrected chi connectivity index (χ3v) is 4.39. The van der Waals surface area contributed by atoms with Crippen LogP contribution in [0, 0.1) is 11.8 Å². The van der Waals surface area contributed by atoms with Crippen molar-refractivity contribution in [3.8, 4) is 0 Å². The minimum Gasteiger partial charge on any atom is -0.481 e. The summed E-state index contributed by atoms with van der Waals surface area (Å²) >= 11 is 0. The van der Waals surface area contributed by atoms with Crippen LogP contribution in [0.5, 0.6) is 0 Å². The molecule has 0 aromatic heterocycles. The molecule has 0 aliphatic heterocycles. The molecule has 2 aliphatic carbocycles. The monoisotopic (exact) mass is 225 g/mol. The van der Waals surface area contributed by atoms with Crippen molar-refractivity contribution < 1.29 is 9.90 Å². The molecule has 2 unspecified atom stereocenters. The first-order valence-electron chi connectivity index (χ1n) is 6.61. The maximum atomic E-state index is 11.0. The minimum absolute atomic E-state index is 0.103. The molecule has 2 rings (SSSR count). The lowest BCUT2D eigenvalue weighted by Crippen LogP contribution is -2.49. The normalized spacial score (nSPS) is 31.4. The minimum atomic E-state index is -0.605. The topological polar surface area (TPSA) is 40.5 Å². The van der Waals surface area contributed by atoms with Crippen LogP contribution in [0.4, 0.5) is 0 Å². The Labute approximate surface area is 97.8 Å². The van der Waals surface area contributed by atoms with Crippen molar-refractivity contribution in [2.75, 3.05) is 13.6 Å². The van der Waals surface area contributed by atoms with Crippen molar-refractivity contribution >= 4 is 5.97 Å². The molecular formula is C13H23NO2. The van der Waals surface area contributed by atoms with Gasteiger partial charge in [0.05, 0.1) is 5.92 Å². The molecule has 2 fully saturated rings. The molecule has 3 heteroatoms. The second-order valence-electron chi connectivity index (χ2n) is 5.53. The Balaban J connectivity index is 1.78. The van der Waals surface area contributed by atoms with Gasteiger partial charge in [0, 0.05) is 12.6 Å². The van der Waals surface area contributed by atoms with E-state index in [0.29, 0.717) is 6.04 Å². The average Bonchev–Trinajstić information content (AvgIpc) is 2.16. The molecule has 92 valence electrons. The van der Waals surface area contributed by atoms with Crippen molar-refractivity contribution in [2.45, 2.75) is 51.0 Å². The third-order valence-electron chi connectivity index (χ3n) is 4.39. The zero-order chi connectivity index (χ0) is 11.5. The summed E-state index contributed by atoms with van der Waals surface area (Å²) in [4.78, 5) is 13.3. The summed E-state index contributed by atoms with van der Waals surface area (Å²) in [6.07, 6.45) is 8.75. The predicted molar refractivity (Wildman–Crippen MR) is 63.4 cm³/mol. The SMILES string of the molecule is CN(CC1CCCCC1)C1CCC1C(=O)O. The molecule has 2 atom stereocenters. The number of hydrogen-bond donors (Lipinski definition) is 1. The molecule has 0 aromatic rings. The van der Waals surface area contributed by atoms with Crippen LogP contribution in [0.25, 0.3) is 0 Å². The van der Waals surface area contributed by atoms with Gasteiger partial charge in [0.2, 0.25) is 0 Å². The molecule has 0 heterocycles. The predicted octanol–water partition coefficient (Wildman–Crippen LogP) is 2.36. The van der Waals surface area contributed by atoms with Crippen LogP contribution in [0.1, 0.15) is 44.9 Å². The highest BCUT2D eigenvalue weighted by molar-refractivity contribution is 5.72. The summed E-state index contributed by atoms with van der Waals surface area (Å²) in [5.74, 6) is 0.106. The van der Waals surface area contributed by atoms with Gasteiger partial charge in [-0.05, 0) is 38.6 Å². The summed E-state index contributed by atoms with van der Waals surface area (Å²) in [5.41, 5.74) is 0. The van der Waals surface area contributed by atoms with Gasteiger partial charge in [-0.1, -0.05) is 19.3 Å². The average molecular weight is 225 g/mol. The van der Waals surface area contributed by atoms with Crippen LogP contribution in [-0.4, -0.2) is 35.6 Å². The maximum absolute atomic E-state index is 11.0. The van der Waals surface area contributed by atoms with Crippen molar-refractivity contribution in [2.24, 2.45) is 11.8 Å². The fourth-order valence-electron chi connectivity index (χ4n) is 3.21. The van der Waals surface area contributed by atoms with Crippen molar-refractivity contribution in [1.82, 2.24) is 4.90 Å². The van der Waals surface area contributed by atoms with Crippen LogP contribution in [0.3, 0.4) is 0 Å². The first-order chi connectivity index (χ1) is 7.68. The first kappa shape index (κ1) is 11.9. The maximum Gasteiger partial charge on any atom is 0.308 e. The van der Waals surface area contributed by atoms with Crippen molar-refractivity contribution in [1.29, 1.82) is 0 Å². The number of nitrogens with zero attached hydrogens (tertiary/aromatic N) is 1. The Hall–Kier alpha value is -0.570. The van der Waals surface area contributed by atoms with Gasteiger partial charge >= 0.3 is 5.97 Å². The van der Waals surface area contributed by atoms with Gasteiger partial charge in [-0.25, -0.2) is 0 Å². The molecule has 0 aromatic carbocycles. The highest BCUT2D eigenvalue weighted by Crippen LogP contribution is 2.33. The zero-order valence-electron chi connectivity index (χ0n) is 10.2. The Kier molecular flexibility index (Phi) is 3.85. The van der Waals surface area contributed by atoms with E-state index in [9.17, 15) is 4.79 Å². The smallest absolute Gasteiger partial charge is 0.308 e. The fraction of sp³-hybridized carbons (Fsp3) is 0.923. The van der Waals surface area contributed by atoms with Gasteiger partial charge in [0.25, 0.3) is 0 Å². The number of hydrogen-bond acceptors (Lipinski definition) is 2. The Morgan fingerprint density at radius 1 is 1.19 bits per heavy atom. The molecule has 0 spiro atoms. The molecule has 2 aliphatic rings. The molecule has 0 amide bonds. The Bertz CT molecular complexity index is 248. The van der Waals surface area contributed by atoms with Crippen LogP contribution in [0.15, 0.2) is 0 Å². The summed E-state index contributed by atoms with van der Waals surface area (Å²) in [7, 11) is 2.11. The molecule has 0 radical (unpaired) electrons. The largest absolute Gasteiger partial charge is 0.481 e. The number of carbonyl (C=O) groups is 1. The van der Waals surface area contributed by atoms with Crippen molar-refractivity contribution in [3.05, 3.63) is 0 Å². The van der Waals surface area contributed by atoms with E-state index in [0.717, 1.165) is 25.3 Å². The van der Waals surface area contributed by atoms with Gasteiger partial charge < -0.3 is 10.0 Å². The first-order valence-corrected chi connectivity index (χ1v) is 6.61. The molecule has 2 saturated carbocycles. The lowest BCUT2D eigenvalue weighted by Gasteiger charge is -2.42. The van der Waals surface area contributed by atoms with E-state index in [1.165, 1.54) is 32.1 Å². The standard InChI is InChI=1S/C13H23NO2/c1-14(9-10-5-3-2-4-6-10)12-8-7-11(12)13(15)16/h10-12H,2-9H2,1H3,(H,15,16). The lowest BCUT2D eigenvalue weighted by molar-refractivity contribution is -0.148. The van der Waals surface area contributed by atoms with Gasteiger partial charge in [0.15, 0.2) is 0 Å². The van der Waals surface area contributed by atoms with E-state index in [4.69, 9.17) is 5.11 Å². The number of carboxylic acids is 1. The number of rotatable bonds is 4. The van der Waals surface area contributed by atoms with Crippen molar-refractivity contribution in [3.63, 3.8) is 0 Å². The Morgan fingerprint density at radius 3 is 2.38 bits per heavy atom. The number of carboxylic acid groups (broad SMARTS) is 1. The highest BCUT2D eigenvalue weighted by Gasteiger charge is 2.39.